The fraction of sp³-hybridized carbons (Fsp3) is 0.462. The number of carbonyl (C=O) groups excluding carboxylic acids is 1. The van der Waals surface area contributed by atoms with Crippen molar-refractivity contribution in [2.45, 2.75) is 38.4 Å². The molecule has 2 N–H and O–H groups in total. The number of ether oxygens (including phenoxy) is 1. The van der Waals surface area contributed by atoms with Gasteiger partial charge in [0.2, 0.25) is 5.91 Å². The summed E-state index contributed by atoms with van der Waals surface area (Å²) in [6.45, 7) is 1.47. The van der Waals surface area contributed by atoms with Crippen molar-refractivity contribution in [3.05, 3.63) is 24.3 Å². The number of hydrogen-bond acceptors (Lipinski definition) is 3. The van der Waals surface area contributed by atoms with Gasteiger partial charge in [-0.05, 0) is 43.5 Å². The molecule has 4 heteroatoms. The summed E-state index contributed by atoms with van der Waals surface area (Å²) in [5.74, 6) is 0.634. The summed E-state index contributed by atoms with van der Waals surface area (Å²) in [5, 5.41) is 12.3. The van der Waals surface area contributed by atoms with Gasteiger partial charge in [0, 0.05) is 12.6 Å². The van der Waals surface area contributed by atoms with Gasteiger partial charge in [0.15, 0.2) is 0 Å². The van der Waals surface area contributed by atoms with Gasteiger partial charge in [-0.15, -0.1) is 0 Å². The van der Waals surface area contributed by atoms with E-state index in [2.05, 4.69) is 5.32 Å². The average molecular weight is 235 g/mol. The van der Waals surface area contributed by atoms with E-state index in [9.17, 15) is 9.90 Å². The Hall–Kier alpha value is -1.55. The van der Waals surface area contributed by atoms with Crippen LogP contribution in [0.2, 0.25) is 0 Å². The van der Waals surface area contributed by atoms with E-state index < -0.39 is 0 Å². The van der Waals surface area contributed by atoms with Gasteiger partial charge in [-0.1, -0.05) is 0 Å². The van der Waals surface area contributed by atoms with Crippen molar-refractivity contribution in [3.8, 4) is 5.75 Å². The van der Waals surface area contributed by atoms with Crippen LogP contribution in [0.5, 0.6) is 5.75 Å². The second-order valence-corrected chi connectivity index (χ2v) is 4.36. The Labute approximate surface area is 101 Å². The Morgan fingerprint density at radius 3 is 2.59 bits per heavy atom. The van der Waals surface area contributed by atoms with Crippen molar-refractivity contribution in [1.29, 1.82) is 0 Å². The molecule has 0 radical (unpaired) electrons. The lowest BCUT2D eigenvalue weighted by Crippen LogP contribution is -2.25. The zero-order valence-electron chi connectivity index (χ0n) is 9.85. The Morgan fingerprint density at radius 2 is 2.06 bits per heavy atom. The Bertz CT molecular complexity index is 388. The molecule has 1 aliphatic rings. The Kier molecular flexibility index (Phi) is 3.64. The monoisotopic (exact) mass is 235 g/mol. The molecule has 0 spiro atoms. The summed E-state index contributed by atoms with van der Waals surface area (Å²) in [6, 6.07) is 7.18. The lowest BCUT2D eigenvalue weighted by Gasteiger charge is -2.17. The molecule has 0 aromatic heterocycles. The highest BCUT2D eigenvalue weighted by Crippen LogP contribution is 2.25. The van der Waals surface area contributed by atoms with Gasteiger partial charge in [-0.3, -0.25) is 4.79 Å². The maximum absolute atomic E-state index is 10.8. The van der Waals surface area contributed by atoms with E-state index in [4.69, 9.17) is 4.74 Å². The Balaban J connectivity index is 1.95. The quantitative estimate of drug-likeness (QED) is 0.841. The molecule has 0 heterocycles. The number of rotatable bonds is 3. The average Bonchev–Trinajstić information content (AvgIpc) is 2.67. The van der Waals surface area contributed by atoms with Gasteiger partial charge in [0.25, 0.3) is 0 Å². The smallest absolute Gasteiger partial charge is 0.221 e. The van der Waals surface area contributed by atoms with Gasteiger partial charge >= 0.3 is 0 Å². The molecule has 0 bridgehead atoms. The van der Waals surface area contributed by atoms with Crippen LogP contribution in [-0.4, -0.2) is 23.2 Å². The molecule has 2 atom stereocenters. The lowest BCUT2D eigenvalue weighted by molar-refractivity contribution is -0.114. The summed E-state index contributed by atoms with van der Waals surface area (Å²) in [4.78, 5) is 10.8. The number of hydrogen-bond donors (Lipinski definition) is 2. The Morgan fingerprint density at radius 1 is 1.35 bits per heavy atom. The normalized spacial score (nSPS) is 23.4. The molecule has 17 heavy (non-hydrogen) atoms. The fourth-order valence-electron chi connectivity index (χ4n) is 2.04. The van der Waals surface area contributed by atoms with Gasteiger partial charge in [0.05, 0.1) is 6.10 Å². The molecule has 1 amide bonds. The topological polar surface area (TPSA) is 58.6 Å². The van der Waals surface area contributed by atoms with Crippen LogP contribution in [0.4, 0.5) is 5.69 Å². The van der Waals surface area contributed by atoms with Crippen molar-refractivity contribution in [2.75, 3.05) is 5.32 Å². The largest absolute Gasteiger partial charge is 0.488 e. The van der Waals surface area contributed by atoms with E-state index in [-0.39, 0.29) is 18.1 Å². The van der Waals surface area contributed by atoms with E-state index in [1.54, 1.807) is 24.3 Å². The zero-order valence-corrected chi connectivity index (χ0v) is 9.85. The number of aliphatic hydroxyl groups is 1. The van der Waals surface area contributed by atoms with Crippen molar-refractivity contribution >= 4 is 11.6 Å². The maximum atomic E-state index is 10.8. The molecule has 1 saturated carbocycles. The summed E-state index contributed by atoms with van der Waals surface area (Å²) < 4.78 is 5.68. The highest BCUT2D eigenvalue weighted by atomic mass is 16.5. The second-order valence-electron chi connectivity index (χ2n) is 4.36. The molecule has 1 aromatic carbocycles. The first kappa shape index (κ1) is 11.9. The van der Waals surface area contributed by atoms with E-state index in [1.807, 2.05) is 0 Å². The third-order valence-electron chi connectivity index (χ3n) is 2.88. The van der Waals surface area contributed by atoms with Gasteiger partial charge in [0.1, 0.15) is 11.9 Å². The predicted molar refractivity (Wildman–Crippen MR) is 65.0 cm³/mol. The second kappa shape index (κ2) is 5.19. The van der Waals surface area contributed by atoms with Crippen molar-refractivity contribution in [3.63, 3.8) is 0 Å². The van der Waals surface area contributed by atoms with E-state index in [0.29, 0.717) is 0 Å². The van der Waals surface area contributed by atoms with E-state index in [0.717, 1.165) is 30.7 Å². The minimum absolute atomic E-state index is 0.0927. The molecule has 0 unspecified atom stereocenters. The highest BCUT2D eigenvalue weighted by molar-refractivity contribution is 5.88. The molecule has 0 saturated heterocycles. The first-order valence-corrected chi connectivity index (χ1v) is 5.87. The van der Waals surface area contributed by atoms with Gasteiger partial charge in [-0.25, -0.2) is 0 Å². The summed E-state index contributed by atoms with van der Waals surface area (Å²) in [7, 11) is 0. The molecule has 1 aliphatic carbocycles. The molecular formula is C13H17NO3. The van der Waals surface area contributed by atoms with Gasteiger partial charge in [-0.2, -0.15) is 0 Å². The molecule has 4 nitrogen and oxygen atoms in total. The number of carbonyl (C=O) groups is 1. The molecule has 1 aromatic rings. The van der Waals surface area contributed by atoms with Crippen molar-refractivity contribution in [2.24, 2.45) is 0 Å². The standard InChI is InChI=1S/C13H17NO3/c1-9(15)14-10-5-7-11(8-6-10)17-13-4-2-3-12(13)16/h5-8,12-13,16H,2-4H2,1H3,(H,14,15)/t12-,13-/m0/s1. The fourth-order valence-corrected chi connectivity index (χ4v) is 2.04. The maximum Gasteiger partial charge on any atom is 0.221 e. The van der Waals surface area contributed by atoms with Crippen LogP contribution in [-0.2, 0) is 4.79 Å². The first-order chi connectivity index (χ1) is 8.15. The van der Waals surface area contributed by atoms with E-state index in [1.165, 1.54) is 6.92 Å². The van der Waals surface area contributed by atoms with Crippen molar-refractivity contribution in [1.82, 2.24) is 0 Å². The molecule has 92 valence electrons. The number of benzene rings is 1. The van der Waals surface area contributed by atoms with Crippen LogP contribution in [0.15, 0.2) is 24.3 Å². The predicted octanol–water partition coefficient (Wildman–Crippen LogP) is 1.94. The summed E-state index contributed by atoms with van der Waals surface area (Å²) in [5.41, 5.74) is 0.747. The third-order valence-corrected chi connectivity index (χ3v) is 2.88. The number of aliphatic hydroxyl groups excluding tert-OH is 1. The van der Waals surface area contributed by atoms with Crippen LogP contribution in [0, 0.1) is 0 Å². The highest BCUT2D eigenvalue weighted by Gasteiger charge is 2.26. The van der Waals surface area contributed by atoms with E-state index >= 15 is 0 Å². The third kappa shape index (κ3) is 3.20. The van der Waals surface area contributed by atoms with Crippen LogP contribution in [0.1, 0.15) is 26.2 Å². The van der Waals surface area contributed by atoms with Gasteiger partial charge < -0.3 is 15.2 Å². The van der Waals surface area contributed by atoms with Crippen LogP contribution in [0.25, 0.3) is 0 Å². The molecule has 1 fully saturated rings. The van der Waals surface area contributed by atoms with Crippen LogP contribution in [0.3, 0.4) is 0 Å². The number of anilines is 1. The molecule has 2 rings (SSSR count). The number of nitrogens with one attached hydrogen (secondary N) is 1. The lowest BCUT2D eigenvalue weighted by atomic mass is 10.2. The zero-order chi connectivity index (χ0) is 12.3. The molecule has 0 aliphatic heterocycles. The summed E-state index contributed by atoms with van der Waals surface area (Å²) in [6.07, 6.45) is 2.27. The number of amides is 1. The summed E-state index contributed by atoms with van der Waals surface area (Å²) >= 11 is 0. The first-order valence-electron chi connectivity index (χ1n) is 5.87. The van der Waals surface area contributed by atoms with Crippen molar-refractivity contribution < 1.29 is 14.6 Å². The van der Waals surface area contributed by atoms with Crippen LogP contribution < -0.4 is 10.1 Å². The molecular weight excluding hydrogens is 218 g/mol. The van der Waals surface area contributed by atoms with Crippen LogP contribution >= 0.6 is 0 Å². The minimum Gasteiger partial charge on any atom is -0.488 e. The minimum atomic E-state index is -0.356. The SMILES string of the molecule is CC(=O)Nc1ccc(O[C@H]2CCC[C@@H]2O)cc1.